The molecule has 0 bridgehead atoms. The molecule has 1 atom stereocenters. The van der Waals surface area contributed by atoms with E-state index in [1.54, 1.807) is 7.11 Å². The second-order valence-corrected chi connectivity index (χ2v) is 5.41. The fraction of sp³-hybridized carbons (Fsp3) is 0.667. The van der Waals surface area contributed by atoms with Gasteiger partial charge in [-0.2, -0.15) is 0 Å². The minimum Gasteiger partial charge on any atom is -0.384 e. The first-order valence-corrected chi connectivity index (χ1v) is 7.09. The Morgan fingerprint density at radius 3 is 3.05 bits per heavy atom. The summed E-state index contributed by atoms with van der Waals surface area (Å²) >= 11 is 0. The van der Waals surface area contributed by atoms with Gasteiger partial charge in [-0.25, -0.2) is 4.98 Å². The monoisotopic (exact) mass is 263 g/mol. The van der Waals surface area contributed by atoms with Crippen LogP contribution in [0.2, 0.25) is 0 Å². The van der Waals surface area contributed by atoms with Crippen LogP contribution in [0.25, 0.3) is 0 Å². The van der Waals surface area contributed by atoms with Crippen molar-refractivity contribution in [1.29, 1.82) is 0 Å². The van der Waals surface area contributed by atoms with E-state index in [-0.39, 0.29) is 0 Å². The Morgan fingerprint density at radius 2 is 2.32 bits per heavy atom. The molecule has 0 amide bonds. The molecule has 4 nitrogen and oxygen atoms in total. The van der Waals surface area contributed by atoms with Crippen LogP contribution < -0.4 is 10.2 Å². The van der Waals surface area contributed by atoms with Crippen molar-refractivity contribution in [1.82, 2.24) is 10.3 Å². The maximum absolute atomic E-state index is 5.29. The van der Waals surface area contributed by atoms with Crippen molar-refractivity contribution < 1.29 is 4.74 Å². The molecule has 0 aromatic carbocycles. The third kappa shape index (κ3) is 3.91. The summed E-state index contributed by atoms with van der Waals surface area (Å²) in [6, 6.07) is 4.36. The lowest BCUT2D eigenvalue weighted by atomic mass is 9.99. The van der Waals surface area contributed by atoms with Gasteiger partial charge in [0.1, 0.15) is 5.82 Å². The highest BCUT2D eigenvalue weighted by Crippen LogP contribution is 2.23. The largest absolute Gasteiger partial charge is 0.384 e. The first-order chi connectivity index (χ1) is 9.22. The SMILES string of the molecule is CNCc1cc(C)nc(N2CCCC(COC)C2)c1. The maximum Gasteiger partial charge on any atom is 0.129 e. The van der Waals surface area contributed by atoms with Gasteiger partial charge in [0.25, 0.3) is 0 Å². The molecule has 1 aliphatic heterocycles. The molecule has 0 saturated carbocycles. The highest BCUT2D eigenvalue weighted by Gasteiger charge is 2.21. The van der Waals surface area contributed by atoms with Crippen molar-refractivity contribution in [2.45, 2.75) is 26.3 Å². The molecular weight excluding hydrogens is 238 g/mol. The molecule has 1 aromatic heterocycles. The summed E-state index contributed by atoms with van der Waals surface area (Å²) < 4.78 is 5.29. The van der Waals surface area contributed by atoms with Crippen LogP contribution in [-0.2, 0) is 11.3 Å². The number of nitrogens with one attached hydrogen (secondary N) is 1. The van der Waals surface area contributed by atoms with Crippen LogP contribution >= 0.6 is 0 Å². The number of nitrogens with zero attached hydrogens (tertiary/aromatic N) is 2. The van der Waals surface area contributed by atoms with Gasteiger partial charge in [-0.05, 0) is 50.4 Å². The van der Waals surface area contributed by atoms with Crippen LogP contribution in [-0.4, -0.2) is 38.8 Å². The van der Waals surface area contributed by atoms with Crippen molar-refractivity contribution in [2.75, 3.05) is 38.8 Å². The molecule has 1 fully saturated rings. The van der Waals surface area contributed by atoms with Gasteiger partial charge < -0.3 is 15.0 Å². The molecule has 106 valence electrons. The minimum absolute atomic E-state index is 0.633. The van der Waals surface area contributed by atoms with E-state index in [0.29, 0.717) is 5.92 Å². The summed E-state index contributed by atoms with van der Waals surface area (Å²) in [7, 11) is 3.76. The summed E-state index contributed by atoms with van der Waals surface area (Å²) in [5.74, 6) is 1.75. The zero-order chi connectivity index (χ0) is 13.7. The van der Waals surface area contributed by atoms with E-state index >= 15 is 0 Å². The number of pyridine rings is 1. The fourth-order valence-corrected chi connectivity index (χ4v) is 2.83. The number of ether oxygens (including phenoxy) is 1. The normalized spacial score (nSPS) is 19.7. The molecule has 4 heteroatoms. The summed E-state index contributed by atoms with van der Waals surface area (Å²) in [6.07, 6.45) is 2.49. The van der Waals surface area contributed by atoms with E-state index in [2.05, 4.69) is 29.3 Å². The van der Waals surface area contributed by atoms with Gasteiger partial charge in [-0.3, -0.25) is 0 Å². The first-order valence-electron chi connectivity index (χ1n) is 7.09. The Bertz CT molecular complexity index is 406. The van der Waals surface area contributed by atoms with Gasteiger partial charge in [0.05, 0.1) is 6.61 Å². The third-order valence-electron chi connectivity index (χ3n) is 3.63. The molecule has 2 rings (SSSR count). The number of aryl methyl sites for hydroxylation is 1. The van der Waals surface area contributed by atoms with E-state index in [1.807, 2.05) is 7.05 Å². The highest BCUT2D eigenvalue weighted by molar-refractivity contribution is 5.43. The van der Waals surface area contributed by atoms with Gasteiger partial charge in [-0.15, -0.1) is 0 Å². The first kappa shape index (κ1) is 14.3. The van der Waals surface area contributed by atoms with Gasteiger partial charge in [0.2, 0.25) is 0 Å². The van der Waals surface area contributed by atoms with Gasteiger partial charge in [0.15, 0.2) is 0 Å². The second kappa shape index (κ2) is 6.87. The lowest BCUT2D eigenvalue weighted by Crippen LogP contribution is -2.37. The predicted molar refractivity (Wildman–Crippen MR) is 78.6 cm³/mol. The van der Waals surface area contributed by atoms with Crippen LogP contribution in [0.5, 0.6) is 0 Å². The van der Waals surface area contributed by atoms with Crippen molar-refractivity contribution in [3.05, 3.63) is 23.4 Å². The van der Waals surface area contributed by atoms with E-state index in [0.717, 1.165) is 37.8 Å². The third-order valence-corrected chi connectivity index (χ3v) is 3.63. The lowest BCUT2D eigenvalue weighted by Gasteiger charge is -2.33. The van der Waals surface area contributed by atoms with Crippen molar-refractivity contribution in [3.8, 4) is 0 Å². The second-order valence-electron chi connectivity index (χ2n) is 5.41. The van der Waals surface area contributed by atoms with Gasteiger partial charge >= 0.3 is 0 Å². The standard InChI is InChI=1S/C15H25N3O/c1-12-7-14(9-16-2)8-15(17-12)18-6-4-5-13(10-18)11-19-3/h7-8,13,16H,4-6,9-11H2,1-3H3. The summed E-state index contributed by atoms with van der Waals surface area (Å²) in [6.45, 7) is 5.98. The molecular formula is C15H25N3O. The van der Waals surface area contributed by atoms with Crippen LogP contribution in [0, 0.1) is 12.8 Å². The Balaban J connectivity index is 2.11. The number of hydrogen-bond acceptors (Lipinski definition) is 4. The van der Waals surface area contributed by atoms with E-state index < -0.39 is 0 Å². The zero-order valence-corrected chi connectivity index (χ0v) is 12.3. The van der Waals surface area contributed by atoms with Gasteiger partial charge in [-0.1, -0.05) is 0 Å². The summed E-state index contributed by atoms with van der Waals surface area (Å²) in [4.78, 5) is 7.09. The summed E-state index contributed by atoms with van der Waals surface area (Å²) in [5.41, 5.74) is 2.40. The van der Waals surface area contributed by atoms with E-state index in [1.165, 1.54) is 18.4 Å². The smallest absolute Gasteiger partial charge is 0.129 e. The van der Waals surface area contributed by atoms with Crippen LogP contribution in [0.3, 0.4) is 0 Å². The Kier molecular flexibility index (Phi) is 5.16. The molecule has 1 aliphatic rings. The summed E-state index contributed by atoms with van der Waals surface area (Å²) in [5, 5.41) is 3.20. The molecule has 1 unspecified atom stereocenters. The number of aromatic nitrogens is 1. The Morgan fingerprint density at radius 1 is 1.47 bits per heavy atom. The lowest BCUT2D eigenvalue weighted by molar-refractivity contribution is 0.143. The van der Waals surface area contributed by atoms with Gasteiger partial charge in [0, 0.05) is 32.4 Å². The average molecular weight is 263 g/mol. The molecule has 0 aliphatic carbocycles. The van der Waals surface area contributed by atoms with Crippen molar-refractivity contribution in [2.24, 2.45) is 5.92 Å². The topological polar surface area (TPSA) is 37.4 Å². The number of piperidine rings is 1. The Hall–Kier alpha value is -1.13. The minimum atomic E-state index is 0.633. The highest BCUT2D eigenvalue weighted by atomic mass is 16.5. The van der Waals surface area contributed by atoms with Crippen LogP contribution in [0.15, 0.2) is 12.1 Å². The molecule has 0 spiro atoms. The molecule has 1 saturated heterocycles. The molecule has 0 radical (unpaired) electrons. The molecule has 1 N–H and O–H groups in total. The maximum atomic E-state index is 5.29. The quantitative estimate of drug-likeness (QED) is 0.881. The van der Waals surface area contributed by atoms with E-state index in [9.17, 15) is 0 Å². The average Bonchev–Trinajstić information content (AvgIpc) is 2.39. The molecule has 2 heterocycles. The predicted octanol–water partition coefficient (Wildman–Crippen LogP) is 1.97. The zero-order valence-electron chi connectivity index (χ0n) is 12.3. The number of anilines is 1. The van der Waals surface area contributed by atoms with Crippen molar-refractivity contribution >= 4 is 5.82 Å². The number of rotatable bonds is 5. The van der Waals surface area contributed by atoms with Crippen LogP contribution in [0.4, 0.5) is 5.82 Å². The Labute approximate surface area is 116 Å². The van der Waals surface area contributed by atoms with Crippen molar-refractivity contribution in [3.63, 3.8) is 0 Å². The molecule has 1 aromatic rings. The van der Waals surface area contributed by atoms with Crippen LogP contribution in [0.1, 0.15) is 24.1 Å². The number of hydrogen-bond donors (Lipinski definition) is 1. The van der Waals surface area contributed by atoms with E-state index in [4.69, 9.17) is 9.72 Å². The number of methoxy groups -OCH3 is 1. The molecule has 19 heavy (non-hydrogen) atoms. The fourth-order valence-electron chi connectivity index (χ4n) is 2.83.